The fourth-order valence-electron chi connectivity index (χ4n) is 3.30. The number of halogens is 1. The first-order valence-electron chi connectivity index (χ1n) is 9.17. The first-order valence-corrected chi connectivity index (χ1v) is 9.55. The van der Waals surface area contributed by atoms with E-state index < -0.39 is 0 Å². The Balaban J connectivity index is 1.44. The van der Waals surface area contributed by atoms with Gasteiger partial charge in [-0.15, -0.1) is 0 Å². The highest BCUT2D eigenvalue weighted by molar-refractivity contribution is 6.30. The first-order chi connectivity index (χ1) is 13.2. The maximum absolute atomic E-state index is 12.4. The van der Waals surface area contributed by atoms with Gasteiger partial charge in [0.05, 0.1) is 0 Å². The summed E-state index contributed by atoms with van der Waals surface area (Å²) in [5.74, 6) is 1.00. The lowest BCUT2D eigenvalue weighted by Crippen LogP contribution is -2.32. The molecule has 1 saturated heterocycles. The standard InChI is InChI=1S/C21H21ClN2O3/c22-17-3-1-2-15(10-17)11-20-24-18-5-4-16(12-19(18)27-20)21(25)23-13-14-6-8-26-9-7-14/h1-5,10,12,14H,6-9,11,13H2,(H,23,25). The van der Waals surface area contributed by atoms with Gasteiger partial charge in [0.25, 0.3) is 5.91 Å². The number of oxazole rings is 1. The van der Waals surface area contributed by atoms with Crippen molar-refractivity contribution in [3.8, 4) is 0 Å². The summed E-state index contributed by atoms with van der Waals surface area (Å²) in [6.07, 6.45) is 2.54. The lowest BCUT2D eigenvalue weighted by Gasteiger charge is -2.22. The molecule has 1 aromatic heterocycles. The van der Waals surface area contributed by atoms with Crippen LogP contribution in [0, 0.1) is 5.92 Å². The van der Waals surface area contributed by atoms with E-state index in [9.17, 15) is 4.79 Å². The van der Waals surface area contributed by atoms with Gasteiger partial charge in [0, 0.05) is 36.8 Å². The minimum absolute atomic E-state index is 0.0869. The molecule has 0 spiro atoms. The van der Waals surface area contributed by atoms with Gasteiger partial charge < -0.3 is 14.5 Å². The Kier molecular flexibility index (Phi) is 5.41. The smallest absolute Gasteiger partial charge is 0.251 e. The molecule has 140 valence electrons. The molecule has 1 aliphatic heterocycles. The molecule has 6 heteroatoms. The number of carbonyl (C=O) groups is 1. The van der Waals surface area contributed by atoms with Crippen molar-refractivity contribution in [3.63, 3.8) is 0 Å². The van der Waals surface area contributed by atoms with E-state index in [0.29, 0.717) is 40.9 Å². The third-order valence-electron chi connectivity index (χ3n) is 4.83. The van der Waals surface area contributed by atoms with Crippen LogP contribution >= 0.6 is 11.6 Å². The van der Waals surface area contributed by atoms with Crippen molar-refractivity contribution in [1.29, 1.82) is 0 Å². The van der Waals surface area contributed by atoms with Gasteiger partial charge in [-0.1, -0.05) is 23.7 Å². The van der Waals surface area contributed by atoms with Crippen molar-refractivity contribution in [2.24, 2.45) is 5.92 Å². The molecule has 0 atom stereocenters. The van der Waals surface area contributed by atoms with Crippen LogP contribution in [0.5, 0.6) is 0 Å². The van der Waals surface area contributed by atoms with Gasteiger partial charge in [-0.05, 0) is 54.7 Å². The van der Waals surface area contributed by atoms with Crippen LogP contribution in [0.25, 0.3) is 11.1 Å². The molecule has 2 aromatic carbocycles. The van der Waals surface area contributed by atoms with E-state index in [1.165, 1.54) is 0 Å². The number of amides is 1. The largest absolute Gasteiger partial charge is 0.440 e. The van der Waals surface area contributed by atoms with E-state index in [4.69, 9.17) is 20.8 Å². The Morgan fingerprint density at radius 1 is 1.19 bits per heavy atom. The summed E-state index contributed by atoms with van der Waals surface area (Å²) in [7, 11) is 0. The van der Waals surface area contributed by atoms with Crippen molar-refractivity contribution >= 4 is 28.6 Å². The predicted molar refractivity (Wildman–Crippen MR) is 104 cm³/mol. The summed E-state index contributed by atoms with van der Waals surface area (Å²) < 4.78 is 11.2. The number of aromatic nitrogens is 1. The fourth-order valence-corrected chi connectivity index (χ4v) is 3.51. The van der Waals surface area contributed by atoms with Crippen molar-refractivity contribution in [2.45, 2.75) is 19.3 Å². The molecule has 1 fully saturated rings. The van der Waals surface area contributed by atoms with E-state index in [-0.39, 0.29) is 5.91 Å². The van der Waals surface area contributed by atoms with E-state index in [1.807, 2.05) is 30.3 Å². The Morgan fingerprint density at radius 3 is 2.85 bits per heavy atom. The van der Waals surface area contributed by atoms with Crippen LogP contribution in [0.4, 0.5) is 0 Å². The van der Waals surface area contributed by atoms with Gasteiger partial charge >= 0.3 is 0 Å². The van der Waals surface area contributed by atoms with Crippen LogP contribution in [0.2, 0.25) is 5.02 Å². The molecule has 0 radical (unpaired) electrons. The van der Waals surface area contributed by atoms with Crippen LogP contribution in [-0.4, -0.2) is 30.6 Å². The summed E-state index contributed by atoms with van der Waals surface area (Å²) in [5, 5.41) is 3.70. The summed E-state index contributed by atoms with van der Waals surface area (Å²) in [5.41, 5.74) is 2.97. The molecule has 1 aliphatic rings. The van der Waals surface area contributed by atoms with E-state index >= 15 is 0 Å². The maximum atomic E-state index is 12.4. The van der Waals surface area contributed by atoms with Gasteiger partial charge in [0.2, 0.25) is 0 Å². The highest BCUT2D eigenvalue weighted by Gasteiger charge is 2.16. The SMILES string of the molecule is O=C(NCC1CCOCC1)c1ccc2nc(Cc3cccc(Cl)c3)oc2c1. The van der Waals surface area contributed by atoms with E-state index in [0.717, 1.165) is 37.1 Å². The topological polar surface area (TPSA) is 64.4 Å². The molecular weight excluding hydrogens is 364 g/mol. The number of nitrogens with one attached hydrogen (secondary N) is 1. The molecule has 3 aromatic rings. The van der Waals surface area contributed by atoms with E-state index in [2.05, 4.69) is 10.3 Å². The van der Waals surface area contributed by atoms with Crippen molar-refractivity contribution in [1.82, 2.24) is 10.3 Å². The number of ether oxygens (including phenoxy) is 1. The zero-order valence-electron chi connectivity index (χ0n) is 14.9. The average molecular weight is 385 g/mol. The summed E-state index contributed by atoms with van der Waals surface area (Å²) >= 11 is 6.03. The van der Waals surface area contributed by atoms with Crippen molar-refractivity contribution in [3.05, 3.63) is 64.5 Å². The highest BCUT2D eigenvalue weighted by atomic mass is 35.5. The Labute approximate surface area is 162 Å². The summed E-state index contributed by atoms with van der Waals surface area (Å²) in [6.45, 7) is 2.23. The summed E-state index contributed by atoms with van der Waals surface area (Å²) in [4.78, 5) is 16.9. The Morgan fingerprint density at radius 2 is 2.04 bits per heavy atom. The third-order valence-corrected chi connectivity index (χ3v) is 5.07. The van der Waals surface area contributed by atoms with Gasteiger partial charge in [-0.2, -0.15) is 0 Å². The molecule has 0 saturated carbocycles. The molecule has 0 unspecified atom stereocenters. The molecule has 1 amide bonds. The fraction of sp³-hybridized carbons (Fsp3) is 0.333. The number of benzene rings is 2. The number of fused-ring (bicyclic) bond motifs is 1. The predicted octanol–water partition coefficient (Wildman–Crippen LogP) is 4.23. The van der Waals surface area contributed by atoms with Crippen molar-refractivity contribution in [2.75, 3.05) is 19.8 Å². The third kappa shape index (κ3) is 4.49. The molecule has 1 N–H and O–H groups in total. The number of rotatable bonds is 5. The van der Waals surface area contributed by atoms with Crippen molar-refractivity contribution < 1.29 is 13.9 Å². The second-order valence-electron chi connectivity index (χ2n) is 6.86. The van der Waals surface area contributed by atoms with E-state index in [1.54, 1.807) is 12.1 Å². The van der Waals surface area contributed by atoms with Crippen LogP contribution in [0.1, 0.15) is 34.7 Å². The number of hydrogen-bond acceptors (Lipinski definition) is 4. The molecule has 27 heavy (non-hydrogen) atoms. The van der Waals surface area contributed by atoms with Crippen LogP contribution in [0.3, 0.4) is 0 Å². The molecule has 0 aliphatic carbocycles. The molecular formula is C21H21ClN2O3. The number of hydrogen-bond donors (Lipinski definition) is 1. The molecule has 5 nitrogen and oxygen atoms in total. The Hall–Kier alpha value is -2.37. The number of nitrogens with zero attached hydrogens (tertiary/aromatic N) is 1. The number of carbonyl (C=O) groups excluding carboxylic acids is 1. The van der Waals surface area contributed by atoms with Gasteiger partial charge in [0.15, 0.2) is 11.5 Å². The lowest BCUT2D eigenvalue weighted by molar-refractivity contribution is 0.0642. The molecule has 4 rings (SSSR count). The maximum Gasteiger partial charge on any atom is 0.251 e. The zero-order valence-corrected chi connectivity index (χ0v) is 15.7. The van der Waals surface area contributed by atoms with Crippen LogP contribution < -0.4 is 5.32 Å². The highest BCUT2D eigenvalue weighted by Crippen LogP contribution is 2.21. The quantitative estimate of drug-likeness (QED) is 0.715. The lowest BCUT2D eigenvalue weighted by atomic mass is 10.0. The second-order valence-corrected chi connectivity index (χ2v) is 7.30. The summed E-state index contributed by atoms with van der Waals surface area (Å²) in [6, 6.07) is 13.0. The van der Waals surface area contributed by atoms with Gasteiger partial charge in [0.1, 0.15) is 5.52 Å². The molecule has 0 bridgehead atoms. The minimum Gasteiger partial charge on any atom is -0.440 e. The minimum atomic E-state index is -0.0869. The van der Waals surface area contributed by atoms with Gasteiger partial charge in [-0.25, -0.2) is 4.98 Å². The normalized spacial score (nSPS) is 15.1. The Bertz CT molecular complexity index is 948. The monoisotopic (exact) mass is 384 g/mol. The zero-order chi connectivity index (χ0) is 18.6. The first kappa shape index (κ1) is 18.0. The van der Waals surface area contributed by atoms with Crippen LogP contribution in [0.15, 0.2) is 46.9 Å². The van der Waals surface area contributed by atoms with Gasteiger partial charge in [-0.3, -0.25) is 4.79 Å². The second kappa shape index (κ2) is 8.11. The van der Waals surface area contributed by atoms with Crippen LogP contribution in [-0.2, 0) is 11.2 Å². The average Bonchev–Trinajstić information content (AvgIpc) is 3.08. The molecule has 2 heterocycles.